The highest BCUT2D eigenvalue weighted by molar-refractivity contribution is 7.07. The van der Waals surface area contributed by atoms with Crippen LogP contribution in [0.4, 0.5) is 0 Å². The third-order valence-electron chi connectivity index (χ3n) is 2.12. The van der Waals surface area contributed by atoms with Crippen LogP contribution in [0, 0.1) is 6.92 Å². The van der Waals surface area contributed by atoms with E-state index >= 15 is 0 Å². The summed E-state index contributed by atoms with van der Waals surface area (Å²) in [6.45, 7) is 2.04. The van der Waals surface area contributed by atoms with Crippen molar-refractivity contribution >= 4 is 11.3 Å². The molecule has 0 N–H and O–H groups in total. The molecule has 0 bridgehead atoms. The van der Waals surface area contributed by atoms with E-state index in [0.29, 0.717) is 0 Å². The molecule has 2 nitrogen and oxygen atoms in total. The molecule has 0 saturated carbocycles. The van der Waals surface area contributed by atoms with Crippen LogP contribution in [0.3, 0.4) is 0 Å². The molecule has 0 aliphatic rings. The fraction of sp³-hybridized carbons (Fsp3) is 0.182. The molecule has 0 aliphatic carbocycles. The van der Waals surface area contributed by atoms with Crippen LogP contribution >= 0.6 is 11.3 Å². The minimum atomic E-state index is 0.920. The van der Waals surface area contributed by atoms with Gasteiger partial charge in [0.25, 0.3) is 0 Å². The van der Waals surface area contributed by atoms with Crippen LogP contribution in [0.1, 0.15) is 5.56 Å². The predicted molar refractivity (Wildman–Crippen MR) is 58.8 cm³/mol. The van der Waals surface area contributed by atoms with Crippen molar-refractivity contribution in [3.05, 3.63) is 34.7 Å². The molecule has 0 unspecified atom stereocenters. The van der Waals surface area contributed by atoms with E-state index in [1.165, 1.54) is 0 Å². The summed E-state index contributed by atoms with van der Waals surface area (Å²) < 4.78 is 5.20. The van der Waals surface area contributed by atoms with Crippen molar-refractivity contribution in [3.63, 3.8) is 0 Å². The van der Waals surface area contributed by atoms with Crippen molar-refractivity contribution in [1.29, 1.82) is 0 Å². The lowest BCUT2D eigenvalue weighted by molar-refractivity contribution is 0.412. The fourth-order valence-electron chi connectivity index (χ4n) is 1.39. The van der Waals surface area contributed by atoms with Crippen LogP contribution in [0.5, 0.6) is 5.75 Å². The van der Waals surface area contributed by atoms with E-state index in [-0.39, 0.29) is 0 Å². The van der Waals surface area contributed by atoms with E-state index in [9.17, 15) is 0 Å². The summed E-state index contributed by atoms with van der Waals surface area (Å²) in [5.74, 6) is 0.920. The lowest BCUT2D eigenvalue weighted by Gasteiger charge is -2.05. The number of methoxy groups -OCH3 is 1. The number of hydrogen-bond acceptors (Lipinski definition) is 3. The van der Waals surface area contributed by atoms with Crippen molar-refractivity contribution in [2.75, 3.05) is 7.11 Å². The highest BCUT2D eigenvalue weighted by Gasteiger charge is 2.02. The maximum atomic E-state index is 5.20. The molecule has 1 heterocycles. The Morgan fingerprint density at radius 1 is 1.36 bits per heavy atom. The monoisotopic (exact) mass is 205 g/mol. The normalized spacial score (nSPS) is 10.1. The zero-order valence-corrected chi connectivity index (χ0v) is 8.97. The quantitative estimate of drug-likeness (QED) is 0.751. The Morgan fingerprint density at radius 3 is 2.79 bits per heavy atom. The van der Waals surface area contributed by atoms with Gasteiger partial charge in [-0.2, -0.15) is 0 Å². The van der Waals surface area contributed by atoms with Gasteiger partial charge in [-0.25, -0.2) is 4.98 Å². The van der Waals surface area contributed by atoms with Gasteiger partial charge in [0.1, 0.15) is 5.75 Å². The van der Waals surface area contributed by atoms with Gasteiger partial charge in [-0.3, -0.25) is 0 Å². The number of thiazole rings is 1. The molecule has 0 fully saturated rings. The summed E-state index contributed by atoms with van der Waals surface area (Å²) in [6.07, 6.45) is 0. The number of rotatable bonds is 2. The summed E-state index contributed by atoms with van der Waals surface area (Å²) in [7, 11) is 1.69. The molecule has 0 aliphatic heterocycles. The maximum Gasteiger partial charge on any atom is 0.121 e. The van der Waals surface area contributed by atoms with Crippen LogP contribution in [0.15, 0.2) is 29.1 Å². The van der Waals surface area contributed by atoms with Crippen molar-refractivity contribution in [3.8, 4) is 17.0 Å². The van der Waals surface area contributed by atoms with E-state index in [2.05, 4.69) is 11.1 Å². The predicted octanol–water partition coefficient (Wildman–Crippen LogP) is 3.13. The second kappa shape index (κ2) is 3.80. The largest absolute Gasteiger partial charge is 0.496 e. The molecule has 0 atom stereocenters. The van der Waals surface area contributed by atoms with Gasteiger partial charge in [0.2, 0.25) is 0 Å². The van der Waals surface area contributed by atoms with E-state index in [4.69, 9.17) is 4.74 Å². The maximum absolute atomic E-state index is 5.20. The average molecular weight is 205 g/mol. The van der Waals surface area contributed by atoms with Crippen LogP contribution < -0.4 is 4.74 Å². The van der Waals surface area contributed by atoms with Crippen LogP contribution in [-0.4, -0.2) is 12.1 Å². The zero-order chi connectivity index (χ0) is 9.97. The molecule has 0 saturated heterocycles. The first-order valence-corrected chi connectivity index (χ1v) is 5.29. The smallest absolute Gasteiger partial charge is 0.121 e. The highest BCUT2D eigenvalue weighted by Crippen LogP contribution is 2.25. The molecule has 1 aromatic heterocycles. The van der Waals surface area contributed by atoms with Crippen LogP contribution in [0.25, 0.3) is 11.3 Å². The lowest BCUT2D eigenvalue weighted by atomic mass is 10.1. The summed E-state index contributed by atoms with van der Waals surface area (Å²) in [5.41, 5.74) is 5.15. The van der Waals surface area contributed by atoms with E-state index < -0.39 is 0 Å². The van der Waals surface area contributed by atoms with Crippen LogP contribution in [0.2, 0.25) is 0 Å². The second-order valence-electron chi connectivity index (χ2n) is 3.06. The van der Waals surface area contributed by atoms with E-state index in [1.54, 1.807) is 18.4 Å². The van der Waals surface area contributed by atoms with Crippen LogP contribution in [-0.2, 0) is 0 Å². The van der Waals surface area contributed by atoms with Gasteiger partial charge in [0.15, 0.2) is 0 Å². The minimum absolute atomic E-state index is 0.920. The summed E-state index contributed by atoms with van der Waals surface area (Å²) >= 11 is 1.61. The van der Waals surface area contributed by atoms with Gasteiger partial charge in [-0.15, -0.1) is 11.3 Å². The Kier molecular flexibility index (Phi) is 2.50. The number of hydrogen-bond donors (Lipinski definition) is 0. The van der Waals surface area contributed by atoms with Gasteiger partial charge in [-0.05, 0) is 30.7 Å². The standard InChI is InChI=1S/C11H11NOS/c1-8-5-9(3-4-11(8)13-2)10-6-14-7-12-10/h3-7H,1-2H3. The molecule has 1 aromatic carbocycles. The molecule has 0 spiro atoms. The Bertz CT molecular complexity index is 423. The third kappa shape index (κ3) is 1.63. The van der Waals surface area contributed by atoms with Gasteiger partial charge < -0.3 is 4.74 Å². The molecule has 0 radical (unpaired) electrons. The topological polar surface area (TPSA) is 22.1 Å². The van der Waals surface area contributed by atoms with Crippen molar-refractivity contribution < 1.29 is 4.74 Å². The second-order valence-corrected chi connectivity index (χ2v) is 3.78. The Hall–Kier alpha value is -1.35. The van der Waals surface area contributed by atoms with Gasteiger partial charge >= 0.3 is 0 Å². The van der Waals surface area contributed by atoms with Crippen molar-refractivity contribution in [2.24, 2.45) is 0 Å². The molecule has 2 aromatic rings. The Labute approximate surface area is 87.2 Å². The number of benzene rings is 1. The fourth-order valence-corrected chi connectivity index (χ4v) is 1.95. The minimum Gasteiger partial charge on any atom is -0.496 e. The van der Waals surface area contributed by atoms with E-state index in [0.717, 1.165) is 22.6 Å². The van der Waals surface area contributed by atoms with Gasteiger partial charge in [0, 0.05) is 10.9 Å². The Morgan fingerprint density at radius 2 is 2.21 bits per heavy atom. The van der Waals surface area contributed by atoms with Gasteiger partial charge in [-0.1, -0.05) is 0 Å². The number of aromatic nitrogens is 1. The highest BCUT2D eigenvalue weighted by atomic mass is 32.1. The molecule has 2 rings (SSSR count). The van der Waals surface area contributed by atoms with Crippen molar-refractivity contribution in [2.45, 2.75) is 6.92 Å². The average Bonchev–Trinajstić information content (AvgIpc) is 2.70. The summed E-state index contributed by atoms with van der Waals surface area (Å²) in [6, 6.07) is 6.10. The first-order valence-electron chi connectivity index (χ1n) is 4.34. The van der Waals surface area contributed by atoms with Gasteiger partial charge in [0.05, 0.1) is 18.3 Å². The number of nitrogens with zero attached hydrogens (tertiary/aromatic N) is 1. The zero-order valence-electron chi connectivity index (χ0n) is 8.15. The van der Waals surface area contributed by atoms with Crippen molar-refractivity contribution in [1.82, 2.24) is 4.98 Å². The third-order valence-corrected chi connectivity index (χ3v) is 2.71. The SMILES string of the molecule is COc1ccc(-c2cscn2)cc1C. The number of ether oxygens (including phenoxy) is 1. The molecular formula is C11H11NOS. The first kappa shape index (κ1) is 9.21. The summed E-state index contributed by atoms with van der Waals surface area (Å²) in [4.78, 5) is 4.26. The molecule has 14 heavy (non-hydrogen) atoms. The number of aryl methyl sites for hydroxylation is 1. The van der Waals surface area contributed by atoms with E-state index in [1.807, 2.05) is 29.9 Å². The lowest BCUT2D eigenvalue weighted by Crippen LogP contribution is -1.87. The molecule has 72 valence electrons. The summed E-state index contributed by atoms with van der Waals surface area (Å²) in [5, 5.41) is 2.04. The molecular weight excluding hydrogens is 194 g/mol. The first-order chi connectivity index (χ1) is 6.81. The molecule has 3 heteroatoms. The Balaban J connectivity index is 2.43. The molecule has 0 amide bonds.